The van der Waals surface area contributed by atoms with Crippen molar-refractivity contribution >= 4 is 23.4 Å². The topological polar surface area (TPSA) is 61.4 Å². The molecule has 0 spiro atoms. The number of hydrogen-bond donors (Lipinski definition) is 2. The average Bonchev–Trinajstić information content (AvgIpc) is 2.23. The van der Waals surface area contributed by atoms with Crippen LogP contribution in [0.25, 0.3) is 0 Å². The molecule has 84 valence electrons. The molecule has 0 saturated carbocycles. The standard InChI is InChI=1S/C9H14ClN3O2/c10-6-1-2-7(11-3-6)13-5-8(14)12-4-9(13)15/h6-7,11H,1-5H2,(H,12,14). The van der Waals surface area contributed by atoms with E-state index < -0.39 is 0 Å². The highest BCUT2D eigenvalue weighted by atomic mass is 35.5. The monoisotopic (exact) mass is 231 g/mol. The van der Waals surface area contributed by atoms with Crippen LogP contribution in [0.5, 0.6) is 0 Å². The lowest BCUT2D eigenvalue weighted by atomic mass is 10.1. The molecule has 15 heavy (non-hydrogen) atoms. The summed E-state index contributed by atoms with van der Waals surface area (Å²) in [5.41, 5.74) is 0. The average molecular weight is 232 g/mol. The van der Waals surface area contributed by atoms with E-state index in [0.717, 1.165) is 12.8 Å². The summed E-state index contributed by atoms with van der Waals surface area (Å²) < 4.78 is 0. The summed E-state index contributed by atoms with van der Waals surface area (Å²) in [5, 5.41) is 5.84. The van der Waals surface area contributed by atoms with Gasteiger partial charge in [0.25, 0.3) is 0 Å². The zero-order valence-corrected chi connectivity index (χ0v) is 9.09. The Kier molecular flexibility index (Phi) is 3.11. The summed E-state index contributed by atoms with van der Waals surface area (Å²) >= 11 is 5.94. The Labute approximate surface area is 93.1 Å². The molecule has 2 amide bonds. The van der Waals surface area contributed by atoms with Gasteiger partial charge >= 0.3 is 0 Å². The van der Waals surface area contributed by atoms with Crippen molar-refractivity contribution in [1.29, 1.82) is 0 Å². The maximum atomic E-state index is 11.6. The third-order valence-corrected chi connectivity index (χ3v) is 3.15. The second-order valence-electron chi connectivity index (χ2n) is 3.90. The molecular weight excluding hydrogens is 218 g/mol. The van der Waals surface area contributed by atoms with Gasteiger partial charge < -0.3 is 10.2 Å². The summed E-state index contributed by atoms with van der Waals surface area (Å²) in [5.74, 6) is -0.121. The lowest BCUT2D eigenvalue weighted by Gasteiger charge is -2.38. The fraction of sp³-hybridized carbons (Fsp3) is 0.778. The van der Waals surface area contributed by atoms with Crippen molar-refractivity contribution in [2.24, 2.45) is 0 Å². The van der Waals surface area contributed by atoms with Crippen LogP contribution in [0.3, 0.4) is 0 Å². The highest BCUT2D eigenvalue weighted by Gasteiger charge is 2.31. The summed E-state index contributed by atoms with van der Waals surface area (Å²) in [6.07, 6.45) is 1.66. The predicted molar refractivity (Wildman–Crippen MR) is 55.4 cm³/mol. The van der Waals surface area contributed by atoms with Gasteiger partial charge in [0.15, 0.2) is 0 Å². The molecule has 0 radical (unpaired) electrons. The van der Waals surface area contributed by atoms with Crippen molar-refractivity contribution in [2.75, 3.05) is 19.6 Å². The van der Waals surface area contributed by atoms with E-state index in [2.05, 4.69) is 10.6 Å². The minimum atomic E-state index is -0.0932. The number of piperidine rings is 1. The van der Waals surface area contributed by atoms with Crippen molar-refractivity contribution in [3.05, 3.63) is 0 Å². The number of rotatable bonds is 1. The van der Waals surface area contributed by atoms with Gasteiger partial charge in [-0.25, -0.2) is 0 Å². The van der Waals surface area contributed by atoms with E-state index in [1.807, 2.05) is 0 Å². The van der Waals surface area contributed by atoms with Gasteiger partial charge in [-0.1, -0.05) is 0 Å². The molecule has 2 aliphatic heterocycles. The third-order valence-electron chi connectivity index (χ3n) is 2.78. The van der Waals surface area contributed by atoms with Crippen LogP contribution in [0.4, 0.5) is 0 Å². The Morgan fingerprint density at radius 1 is 1.33 bits per heavy atom. The van der Waals surface area contributed by atoms with Crippen molar-refractivity contribution in [3.63, 3.8) is 0 Å². The van der Waals surface area contributed by atoms with Gasteiger partial charge in [0, 0.05) is 11.9 Å². The molecule has 2 fully saturated rings. The van der Waals surface area contributed by atoms with Crippen LogP contribution in [0.15, 0.2) is 0 Å². The SMILES string of the molecule is O=C1CN(C2CCC(Cl)CN2)C(=O)CN1. The van der Waals surface area contributed by atoms with Crippen LogP contribution < -0.4 is 10.6 Å². The molecular formula is C9H14ClN3O2. The maximum absolute atomic E-state index is 11.6. The molecule has 0 bridgehead atoms. The minimum absolute atomic E-state index is 0.0277. The number of nitrogens with zero attached hydrogens (tertiary/aromatic N) is 1. The highest BCUT2D eigenvalue weighted by molar-refractivity contribution is 6.20. The molecule has 2 N–H and O–H groups in total. The summed E-state index contributed by atoms with van der Waals surface area (Å²) in [6, 6.07) is 0. The Balaban J connectivity index is 1.96. The second kappa shape index (κ2) is 4.37. The molecule has 0 aromatic heterocycles. The lowest BCUT2D eigenvalue weighted by Crippen LogP contribution is -2.60. The van der Waals surface area contributed by atoms with Gasteiger partial charge in [0.1, 0.15) is 6.54 Å². The predicted octanol–water partition coefficient (Wildman–Crippen LogP) is -0.738. The zero-order chi connectivity index (χ0) is 10.8. The fourth-order valence-electron chi connectivity index (χ4n) is 1.93. The zero-order valence-electron chi connectivity index (χ0n) is 8.33. The van der Waals surface area contributed by atoms with Crippen molar-refractivity contribution < 1.29 is 9.59 Å². The molecule has 0 aromatic carbocycles. The van der Waals surface area contributed by atoms with Crippen molar-refractivity contribution in [2.45, 2.75) is 24.4 Å². The largest absolute Gasteiger partial charge is 0.345 e. The Hall–Kier alpha value is -0.810. The van der Waals surface area contributed by atoms with Crippen molar-refractivity contribution in [1.82, 2.24) is 15.5 Å². The molecule has 2 heterocycles. The van der Waals surface area contributed by atoms with Crippen LogP contribution in [-0.2, 0) is 9.59 Å². The molecule has 0 aromatic rings. The number of carbonyl (C=O) groups is 2. The fourth-order valence-corrected chi connectivity index (χ4v) is 2.15. The van der Waals surface area contributed by atoms with Crippen LogP contribution >= 0.6 is 11.6 Å². The van der Waals surface area contributed by atoms with Gasteiger partial charge in [0.05, 0.1) is 12.7 Å². The first kappa shape index (κ1) is 10.7. The first-order valence-electron chi connectivity index (χ1n) is 5.10. The number of nitrogens with one attached hydrogen (secondary N) is 2. The van der Waals surface area contributed by atoms with E-state index in [4.69, 9.17) is 11.6 Å². The van der Waals surface area contributed by atoms with Crippen molar-refractivity contribution in [3.8, 4) is 0 Å². The van der Waals surface area contributed by atoms with E-state index >= 15 is 0 Å². The number of piperazine rings is 1. The molecule has 2 unspecified atom stereocenters. The minimum Gasteiger partial charge on any atom is -0.345 e. The molecule has 0 aliphatic carbocycles. The van der Waals surface area contributed by atoms with Gasteiger partial charge in [0.2, 0.25) is 11.8 Å². The lowest BCUT2D eigenvalue weighted by molar-refractivity contribution is -0.144. The number of halogens is 1. The summed E-state index contributed by atoms with van der Waals surface area (Å²) in [6.45, 7) is 0.961. The van der Waals surface area contributed by atoms with Crippen LogP contribution in [0.1, 0.15) is 12.8 Å². The van der Waals surface area contributed by atoms with E-state index in [-0.39, 0.29) is 36.4 Å². The van der Waals surface area contributed by atoms with Gasteiger partial charge in [-0.3, -0.25) is 14.9 Å². The third kappa shape index (κ3) is 2.41. The number of alkyl halides is 1. The second-order valence-corrected chi connectivity index (χ2v) is 4.51. The first-order valence-corrected chi connectivity index (χ1v) is 5.54. The normalized spacial score (nSPS) is 32.7. The molecule has 2 atom stereocenters. The molecule has 2 rings (SSSR count). The van der Waals surface area contributed by atoms with Gasteiger partial charge in [-0.2, -0.15) is 0 Å². The Morgan fingerprint density at radius 3 is 2.80 bits per heavy atom. The van der Waals surface area contributed by atoms with Gasteiger partial charge in [-0.15, -0.1) is 11.6 Å². The smallest absolute Gasteiger partial charge is 0.243 e. The number of hydrogen-bond acceptors (Lipinski definition) is 3. The summed E-state index contributed by atoms with van der Waals surface area (Å²) in [7, 11) is 0. The first-order chi connectivity index (χ1) is 7.16. The maximum Gasteiger partial charge on any atom is 0.243 e. The van der Waals surface area contributed by atoms with E-state index in [0.29, 0.717) is 6.54 Å². The number of carbonyl (C=O) groups excluding carboxylic acids is 2. The summed E-state index contributed by atoms with van der Waals surface area (Å²) in [4.78, 5) is 24.3. The molecule has 5 nitrogen and oxygen atoms in total. The van der Waals surface area contributed by atoms with Crippen LogP contribution in [0, 0.1) is 0 Å². The molecule has 2 aliphatic rings. The Morgan fingerprint density at radius 2 is 2.13 bits per heavy atom. The van der Waals surface area contributed by atoms with Crippen LogP contribution in [0.2, 0.25) is 0 Å². The quantitative estimate of drug-likeness (QED) is 0.585. The Bertz CT molecular complexity index is 277. The van der Waals surface area contributed by atoms with E-state index in [1.54, 1.807) is 4.90 Å². The van der Waals surface area contributed by atoms with Gasteiger partial charge in [-0.05, 0) is 12.8 Å². The molecule has 2 saturated heterocycles. The number of amides is 2. The highest BCUT2D eigenvalue weighted by Crippen LogP contribution is 2.16. The van der Waals surface area contributed by atoms with Crippen LogP contribution in [-0.4, -0.2) is 47.9 Å². The molecule has 6 heteroatoms. The van der Waals surface area contributed by atoms with E-state index in [1.165, 1.54) is 0 Å². The van der Waals surface area contributed by atoms with E-state index in [9.17, 15) is 9.59 Å².